The second-order valence-corrected chi connectivity index (χ2v) is 5.01. The van der Waals surface area contributed by atoms with Crippen LogP contribution in [-0.2, 0) is 13.5 Å². The molecule has 3 N–H and O–H groups in total. The molecule has 0 aliphatic rings. The maximum Gasteiger partial charge on any atom is 0.274 e. The van der Waals surface area contributed by atoms with Gasteiger partial charge in [-0.2, -0.15) is 5.10 Å². The molecule has 20 heavy (non-hydrogen) atoms. The van der Waals surface area contributed by atoms with E-state index in [0.717, 1.165) is 12.8 Å². The van der Waals surface area contributed by atoms with Crippen molar-refractivity contribution in [3.05, 3.63) is 47.8 Å². The molecule has 0 saturated heterocycles. The topological polar surface area (TPSA) is 72.9 Å². The van der Waals surface area contributed by atoms with Gasteiger partial charge < -0.3 is 11.1 Å². The summed E-state index contributed by atoms with van der Waals surface area (Å²) in [5.74, 6) is -0.219. The van der Waals surface area contributed by atoms with Crippen LogP contribution in [0.5, 0.6) is 0 Å². The fourth-order valence-corrected chi connectivity index (χ4v) is 2.08. The summed E-state index contributed by atoms with van der Waals surface area (Å²) in [7, 11) is 1.74. The first-order chi connectivity index (χ1) is 9.56. The van der Waals surface area contributed by atoms with Crippen molar-refractivity contribution in [2.75, 3.05) is 5.73 Å². The molecule has 1 unspecified atom stereocenters. The number of hydrogen-bond donors (Lipinski definition) is 2. The Bertz CT molecular complexity index is 577. The summed E-state index contributed by atoms with van der Waals surface area (Å²) in [6.07, 6.45) is 3.44. The Kier molecular flexibility index (Phi) is 4.40. The first-order valence-corrected chi connectivity index (χ1v) is 6.70. The Hall–Kier alpha value is -2.30. The zero-order valence-electron chi connectivity index (χ0n) is 11.8. The molecule has 0 saturated carbocycles. The number of aryl methyl sites for hydroxylation is 2. The van der Waals surface area contributed by atoms with Crippen molar-refractivity contribution in [2.24, 2.45) is 7.05 Å². The van der Waals surface area contributed by atoms with Crippen LogP contribution in [0.15, 0.2) is 36.5 Å². The molecule has 1 aromatic heterocycles. The van der Waals surface area contributed by atoms with Gasteiger partial charge in [-0.1, -0.05) is 30.3 Å². The number of nitrogens with one attached hydrogen (secondary N) is 1. The number of nitrogens with two attached hydrogens (primary N) is 1. The van der Waals surface area contributed by atoms with Crippen LogP contribution in [0.1, 0.15) is 29.4 Å². The number of carbonyl (C=O) groups excluding carboxylic acids is 1. The normalized spacial score (nSPS) is 12.1. The van der Waals surface area contributed by atoms with E-state index in [1.54, 1.807) is 17.9 Å². The Balaban J connectivity index is 1.87. The smallest absolute Gasteiger partial charge is 0.274 e. The van der Waals surface area contributed by atoms with E-state index in [0.29, 0.717) is 11.4 Å². The number of benzene rings is 1. The summed E-state index contributed by atoms with van der Waals surface area (Å²) in [5, 5.41) is 6.99. The summed E-state index contributed by atoms with van der Waals surface area (Å²) in [5.41, 5.74) is 7.70. The van der Waals surface area contributed by atoms with Crippen molar-refractivity contribution in [3.8, 4) is 0 Å². The van der Waals surface area contributed by atoms with E-state index in [9.17, 15) is 4.79 Å². The second-order valence-electron chi connectivity index (χ2n) is 5.01. The molecule has 5 heteroatoms. The minimum absolute atomic E-state index is 0.0733. The van der Waals surface area contributed by atoms with Gasteiger partial charge in [0, 0.05) is 19.3 Å². The second kappa shape index (κ2) is 6.23. The first kappa shape index (κ1) is 14.1. The lowest BCUT2D eigenvalue weighted by atomic mass is 10.1. The number of carbonyl (C=O) groups is 1. The van der Waals surface area contributed by atoms with Gasteiger partial charge in [-0.3, -0.25) is 9.48 Å². The van der Waals surface area contributed by atoms with Crippen molar-refractivity contribution in [2.45, 2.75) is 25.8 Å². The maximum absolute atomic E-state index is 12.0. The highest BCUT2D eigenvalue weighted by Crippen LogP contribution is 2.09. The Morgan fingerprint density at radius 3 is 2.70 bits per heavy atom. The van der Waals surface area contributed by atoms with Crippen LogP contribution in [0.25, 0.3) is 0 Å². The number of nitrogen functional groups attached to an aromatic ring is 1. The average Bonchev–Trinajstić information content (AvgIpc) is 2.77. The fourth-order valence-electron chi connectivity index (χ4n) is 2.08. The molecule has 0 radical (unpaired) electrons. The van der Waals surface area contributed by atoms with Gasteiger partial charge in [0.15, 0.2) is 5.69 Å². The van der Waals surface area contributed by atoms with Gasteiger partial charge >= 0.3 is 0 Å². The van der Waals surface area contributed by atoms with Gasteiger partial charge in [0.05, 0.1) is 5.69 Å². The van der Waals surface area contributed by atoms with Crippen molar-refractivity contribution in [1.29, 1.82) is 0 Å². The Morgan fingerprint density at radius 2 is 2.10 bits per heavy atom. The van der Waals surface area contributed by atoms with Gasteiger partial charge in [-0.05, 0) is 25.3 Å². The van der Waals surface area contributed by atoms with Crippen LogP contribution in [0, 0.1) is 0 Å². The molecular formula is C15H20N4O. The summed E-state index contributed by atoms with van der Waals surface area (Å²) in [6.45, 7) is 1.99. The van der Waals surface area contributed by atoms with Gasteiger partial charge in [-0.15, -0.1) is 0 Å². The SMILES string of the molecule is CC(CCc1ccccc1)NC(=O)c1nn(C)cc1N. The maximum atomic E-state index is 12.0. The predicted molar refractivity (Wildman–Crippen MR) is 79.3 cm³/mol. The lowest BCUT2D eigenvalue weighted by molar-refractivity contribution is 0.0933. The highest BCUT2D eigenvalue weighted by Gasteiger charge is 2.15. The van der Waals surface area contributed by atoms with Crippen molar-refractivity contribution < 1.29 is 4.79 Å². The Labute approximate surface area is 118 Å². The van der Waals surface area contributed by atoms with Crippen LogP contribution >= 0.6 is 0 Å². The van der Waals surface area contributed by atoms with Crippen molar-refractivity contribution >= 4 is 11.6 Å². The van der Waals surface area contributed by atoms with Crippen LogP contribution < -0.4 is 11.1 Å². The Morgan fingerprint density at radius 1 is 1.40 bits per heavy atom. The van der Waals surface area contributed by atoms with E-state index in [2.05, 4.69) is 22.5 Å². The third-order valence-corrected chi connectivity index (χ3v) is 3.16. The molecule has 1 amide bonds. The molecule has 0 aliphatic carbocycles. The average molecular weight is 272 g/mol. The molecule has 106 valence electrons. The highest BCUT2D eigenvalue weighted by molar-refractivity contribution is 5.97. The summed E-state index contributed by atoms with van der Waals surface area (Å²) >= 11 is 0. The van der Waals surface area contributed by atoms with Crippen LogP contribution in [-0.4, -0.2) is 21.7 Å². The number of nitrogens with zero attached hydrogens (tertiary/aromatic N) is 2. The van der Waals surface area contributed by atoms with E-state index >= 15 is 0 Å². The van der Waals surface area contributed by atoms with E-state index in [-0.39, 0.29) is 11.9 Å². The molecule has 1 aromatic carbocycles. The third kappa shape index (κ3) is 3.60. The van der Waals surface area contributed by atoms with Crippen LogP contribution in [0.2, 0.25) is 0 Å². The number of rotatable bonds is 5. The van der Waals surface area contributed by atoms with E-state index in [4.69, 9.17) is 5.73 Å². The van der Waals surface area contributed by atoms with E-state index < -0.39 is 0 Å². The third-order valence-electron chi connectivity index (χ3n) is 3.16. The monoisotopic (exact) mass is 272 g/mol. The van der Waals surface area contributed by atoms with E-state index in [1.165, 1.54) is 5.56 Å². The quantitative estimate of drug-likeness (QED) is 0.871. The van der Waals surface area contributed by atoms with Gasteiger partial charge in [-0.25, -0.2) is 0 Å². The number of amides is 1. The van der Waals surface area contributed by atoms with Crippen LogP contribution in [0.3, 0.4) is 0 Å². The number of anilines is 1. The minimum atomic E-state index is -0.219. The van der Waals surface area contributed by atoms with Crippen molar-refractivity contribution in [1.82, 2.24) is 15.1 Å². The molecule has 0 spiro atoms. The molecule has 1 heterocycles. The highest BCUT2D eigenvalue weighted by atomic mass is 16.2. The largest absolute Gasteiger partial charge is 0.396 e. The zero-order chi connectivity index (χ0) is 14.5. The fraction of sp³-hybridized carbons (Fsp3) is 0.333. The van der Waals surface area contributed by atoms with Gasteiger partial charge in [0.1, 0.15) is 0 Å². The molecular weight excluding hydrogens is 252 g/mol. The molecule has 0 aliphatic heterocycles. The molecule has 0 fully saturated rings. The lowest BCUT2D eigenvalue weighted by Crippen LogP contribution is -2.33. The number of hydrogen-bond acceptors (Lipinski definition) is 3. The molecule has 2 aromatic rings. The molecule has 5 nitrogen and oxygen atoms in total. The minimum Gasteiger partial charge on any atom is -0.396 e. The standard InChI is InChI=1S/C15H20N4O/c1-11(8-9-12-6-4-3-5-7-12)17-15(20)14-13(16)10-19(2)18-14/h3-7,10-11H,8-9,16H2,1-2H3,(H,17,20). The first-order valence-electron chi connectivity index (χ1n) is 6.70. The lowest BCUT2D eigenvalue weighted by Gasteiger charge is -2.13. The zero-order valence-corrected chi connectivity index (χ0v) is 11.8. The molecule has 0 bridgehead atoms. The predicted octanol–water partition coefficient (Wildman–Crippen LogP) is 1.75. The van der Waals surface area contributed by atoms with Gasteiger partial charge in [0.25, 0.3) is 5.91 Å². The van der Waals surface area contributed by atoms with Crippen LogP contribution in [0.4, 0.5) is 5.69 Å². The van der Waals surface area contributed by atoms with E-state index in [1.807, 2.05) is 25.1 Å². The van der Waals surface area contributed by atoms with Crippen molar-refractivity contribution in [3.63, 3.8) is 0 Å². The number of aromatic nitrogens is 2. The summed E-state index contributed by atoms with van der Waals surface area (Å²) in [4.78, 5) is 12.0. The summed E-state index contributed by atoms with van der Waals surface area (Å²) in [6, 6.07) is 10.3. The van der Waals surface area contributed by atoms with Gasteiger partial charge in [0.2, 0.25) is 0 Å². The summed E-state index contributed by atoms with van der Waals surface area (Å²) < 4.78 is 1.54. The molecule has 2 rings (SSSR count). The molecule has 1 atom stereocenters.